The van der Waals surface area contributed by atoms with Crippen molar-refractivity contribution in [1.29, 1.82) is 0 Å². The van der Waals surface area contributed by atoms with Crippen molar-refractivity contribution in [2.24, 2.45) is 0 Å². The summed E-state index contributed by atoms with van der Waals surface area (Å²) in [4.78, 5) is 4.43. The van der Waals surface area contributed by atoms with Crippen molar-refractivity contribution in [3.05, 3.63) is 46.9 Å². The van der Waals surface area contributed by atoms with Gasteiger partial charge in [-0.3, -0.25) is 0 Å². The Bertz CT molecular complexity index is 580. The number of nitrogens with zero attached hydrogens (tertiary/aromatic N) is 1. The highest BCUT2D eigenvalue weighted by atomic mass is 32.2. The van der Waals surface area contributed by atoms with Crippen LogP contribution in [-0.2, 0) is 10.0 Å². The Kier molecular flexibility index (Phi) is 4.11. The summed E-state index contributed by atoms with van der Waals surface area (Å²) in [5.74, 6) is 0. The van der Waals surface area contributed by atoms with E-state index in [4.69, 9.17) is 0 Å². The summed E-state index contributed by atoms with van der Waals surface area (Å²) in [5.41, 5.74) is 0. The van der Waals surface area contributed by atoms with Gasteiger partial charge >= 0.3 is 0 Å². The Morgan fingerprint density at radius 1 is 1.33 bits per heavy atom. The molecule has 0 spiro atoms. The van der Waals surface area contributed by atoms with E-state index in [1.807, 2.05) is 12.3 Å². The monoisotopic (exact) mass is 282 g/mol. The Labute approximate surface area is 111 Å². The SMILES string of the molecule is CCC(NS(=O)(=O)c1ccccc1)c1nccs1. The lowest BCUT2D eigenvalue weighted by Crippen LogP contribution is -2.28. The molecule has 0 fully saturated rings. The van der Waals surface area contributed by atoms with E-state index in [0.717, 1.165) is 5.01 Å². The van der Waals surface area contributed by atoms with Crippen molar-refractivity contribution in [3.63, 3.8) is 0 Å². The maximum atomic E-state index is 12.2. The summed E-state index contributed by atoms with van der Waals surface area (Å²) >= 11 is 1.45. The number of hydrogen-bond donors (Lipinski definition) is 1. The van der Waals surface area contributed by atoms with Crippen LogP contribution in [0.5, 0.6) is 0 Å². The molecule has 2 rings (SSSR count). The van der Waals surface area contributed by atoms with Crippen LogP contribution in [0.15, 0.2) is 46.8 Å². The highest BCUT2D eigenvalue weighted by Crippen LogP contribution is 2.21. The predicted molar refractivity (Wildman–Crippen MR) is 71.9 cm³/mol. The fourth-order valence-corrected chi connectivity index (χ4v) is 3.72. The molecular formula is C12H14N2O2S2. The van der Waals surface area contributed by atoms with Gasteiger partial charge in [0.25, 0.3) is 0 Å². The number of benzene rings is 1. The first-order chi connectivity index (χ1) is 8.63. The van der Waals surface area contributed by atoms with Crippen LogP contribution in [0.1, 0.15) is 24.4 Å². The van der Waals surface area contributed by atoms with Crippen LogP contribution in [-0.4, -0.2) is 13.4 Å². The van der Waals surface area contributed by atoms with Gasteiger partial charge in [0, 0.05) is 11.6 Å². The summed E-state index contributed by atoms with van der Waals surface area (Å²) in [7, 11) is -3.48. The first-order valence-corrected chi connectivity index (χ1v) is 7.96. The zero-order valence-corrected chi connectivity index (χ0v) is 11.5. The summed E-state index contributed by atoms with van der Waals surface area (Å²) in [5, 5.41) is 2.63. The second-order valence-corrected chi connectivity index (χ2v) is 6.41. The summed E-state index contributed by atoms with van der Waals surface area (Å²) in [6, 6.07) is 8.10. The molecule has 0 amide bonds. The molecule has 1 atom stereocenters. The third-order valence-electron chi connectivity index (χ3n) is 2.51. The van der Waals surface area contributed by atoms with Crippen molar-refractivity contribution >= 4 is 21.4 Å². The van der Waals surface area contributed by atoms with Crippen molar-refractivity contribution < 1.29 is 8.42 Å². The molecule has 1 heterocycles. The highest BCUT2D eigenvalue weighted by molar-refractivity contribution is 7.89. The van der Waals surface area contributed by atoms with E-state index in [9.17, 15) is 8.42 Å². The molecule has 96 valence electrons. The second-order valence-electron chi connectivity index (χ2n) is 3.77. The minimum Gasteiger partial charge on any atom is -0.248 e. The van der Waals surface area contributed by atoms with Crippen LogP contribution in [0.25, 0.3) is 0 Å². The lowest BCUT2D eigenvalue weighted by Gasteiger charge is -2.14. The number of rotatable bonds is 5. The van der Waals surface area contributed by atoms with E-state index in [1.54, 1.807) is 36.5 Å². The molecule has 1 aromatic heterocycles. The Morgan fingerprint density at radius 3 is 2.61 bits per heavy atom. The molecule has 1 N–H and O–H groups in total. The van der Waals surface area contributed by atoms with E-state index in [-0.39, 0.29) is 10.9 Å². The van der Waals surface area contributed by atoms with Crippen LogP contribution in [0, 0.1) is 0 Å². The van der Waals surface area contributed by atoms with Crippen LogP contribution >= 0.6 is 11.3 Å². The Balaban J connectivity index is 2.22. The first kappa shape index (κ1) is 13.2. The molecule has 0 bridgehead atoms. The summed E-state index contributed by atoms with van der Waals surface area (Å²) in [6.07, 6.45) is 2.35. The van der Waals surface area contributed by atoms with E-state index < -0.39 is 10.0 Å². The zero-order chi connectivity index (χ0) is 13.0. The third-order valence-corrected chi connectivity index (χ3v) is 4.89. The molecule has 0 aliphatic heterocycles. The second kappa shape index (κ2) is 5.60. The van der Waals surface area contributed by atoms with Crippen LogP contribution in [0.2, 0.25) is 0 Å². The fraction of sp³-hybridized carbons (Fsp3) is 0.250. The molecule has 4 nitrogen and oxygen atoms in total. The van der Waals surface area contributed by atoms with Gasteiger partial charge in [-0.2, -0.15) is 0 Å². The van der Waals surface area contributed by atoms with Gasteiger partial charge in [-0.05, 0) is 18.6 Å². The van der Waals surface area contributed by atoms with Gasteiger partial charge in [0.2, 0.25) is 10.0 Å². The molecule has 1 aromatic carbocycles. The topological polar surface area (TPSA) is 59.1 Å². The average Bonchev–Trinajstić information content (AvgIpc) is 2.91. The van der Waals surface area contributed by atoms with Gasteiger partial charge in [-0.25, -0.2) is 18.1 Å². The molecule has 2 aromatic rings. The quantitative estimate of drug-likeness (QED) is 0.917. The zero-order valence-electron chi connectivity index (χ0n) is 9.91. The molecule has 0 radical (unpaired) electrons. The molecule has 18 heavy (non-hydrogen) atoms. The predicted octanol–water partition coefficient (Wildman–Crippen LogP) is 2.57. The molecule has 1 unspecified atom stereocenters. The number of sulfonamides is 1. The van der Waals surface area contributed by atoms with Crippen molar-refractivity contribution in [2.75, 3.05) is 0 Å². The lowest BCUT2D eigenvalue weighted by atomic mass is 10.3. The van der Waals surface area contributed by atoms with Gasteiger partial charge in [-0.1, -0.05) is 25.1 Å². The smallest absolute Gasteiger partial charge is 0.241 e. The van der Waals surface area contributed by atoms with E-state index >= 15 is 0 Å². The minimum absolute atomic E-state index is 0.268. The van der Waals surface area contributed by atoms with E-state index in [1.165, 1.54) is 11.3 Å². The highest BCUT2D eigenvalue weighted by Gasteiger charge is 2.21. The Hall–Kier alpha value is -1.24. The van der Waals surface area contributed by atoms with Gasteiger partial charge < -0.3 is 0 Å². The molecular weight excluding hydrogens is 268 g/mol. The van der Waals surface area contributed by atoms with Crippen molar-refractivity contribution in [2.45, 2.75) is 24.3 Å². The average molecular weight is 282 g/mol. The molecule has 0 aliphatic rings. The maximum absolute atomic E-state index is 12.2. The van der Waals surface area contributed by atoms with E-state index in [2.05, 4.69) is 9.71 Å². The number of nitrogens with one attached hydrogen (secondary N) is 1. The third kappa shape index (κ3) is 2.95. The van der Waals surface area contributed by atoms with E-state index in [0.29, 0.717) is 6.42 Å². The number of aromatic nitrogens is 1. The van der Waals surface area contributed by atoms with Gasteiger partial charge in [0.15, 0.2) is 0 Å². The standard InChI is InChI=1S/C12H14N2O2S2/c1-2-11(12-13-8-9-17-12)14-18(15,16)10-6-4-3-5-7-10/h3-9,11,14H,2H2,1H3. The minimum atomic E-state index is -3.48. The Morgan fingerprint density at radius 2 is 2.06 bits per heavy atom. The fourth-order valence-electron chi connectivity index (χ4n) is 1.57. The lowest BCUT2D eigenvalue weighted by molar-refractivity contribution is 0.549. The first-order valence-electron chi connectivity index (χ1n) is 5.60. The normalized spacial score (nSPS) is 13.4. The summed E-state index contributed by atoms with van der Waals surface area (Å²) < 4.78 is 27.0. The van der Waals surface area contributed by atoms with Crippen LogP contribution < -0.4 is 4.72 Å². The largest absolute Gasteiger partial charge is 0.248 e. The van der Waals surface area contributed by atoms with Gasteiger partial charge in [0.05, 0.1) is 10.9 Å². The number of thiazole rings is 1. The van der Waals surface area contributed by atoms with Crippen molar-refractivity contribution in [1.82, 2.24) is 9.71 Å². The van der Waals surface area contributed by atoms with Crippen LogP contribution in [0.3, 0.4) is 0 Å². The maximum Gasteiger partial charge on any atom is 0.241 e. The van der Waals surface area contributed by atoms with Crippen molar-refractivity contribution in [3.8, 4) is 0 Å². The van der Waals surface area contributed by atoms with Crippen LogP contribution in [0.4, 0.5) is 0 Å². The molecule has 0 saturated carbocycles. The van der Waals surface area contributed by atoms with Gasteiger partial charge in [0.1, 0.15) is 5.01 Å². The summed E-state index contributed by atoms with van der Waals surface area (Å²) in [6.45, 7) is 1.93. The molecule has 0 aliphatic carbocycles. The number of hydrogen-bond acceptors (Lipinski definition) is 4. The molecule has 0 saturated heterocycles. The molecule has 6 heteroatoms. The van der Waals surface area contributed by atoms with Gasteiger partial charge in [-0.15, -0.1) is 11.3 Å².